The molecule has 2 amide bonds. The zero-order valence-corrected chi connectivity index (χ0v) is 27.2. The Bertz CT molecular complexity index is 1480. The summed E-state index contributed by atoms with van der Waals surface area (Å²) in [6.45, 7) is 5.51. The molecular formula is C31H36Cl3N3O4S. The van der Waals surface area contributed by atoms with Gasteiger partial charge in [0.05, 0.1) is 11.9 Å². The third-order valence-electron chi connectivity index (χ3n) is 6.75. The number of amides is 2. The highest BCUT2D eigenvalue weighted by Gasteiger charge is 2.32. The van der Waals surface area contributed by atoms with E-state index in [1.165, 1.54) is 9.21 Å². The summed E-state index contributed by atoms with van der Waals surface area (Å²) < 4.78 is 26.7. The zero-order chi connectivity index (χ0) is 31.0. The monoisotopic (exact) mass is 651 g/mol. The van der Waals surface area contributed by atoms with Gasteiger partial charge in [-0.05, 0) is 62.6 Å². The Kier molecular flexibility index (Phi) is 12.1. The summed E-state index contributed by atoms with van der Waals surface area (Å²) in [7, 11) is -3.67. The number of sulfonamides is 1. The van der Waals surface area contributed by atoms with E-state index in [9.17, 15) is 18.0 Å². The van der Waals surface area contributed by atoms with Crippen molar-refractivity contribution >= 4 is 62.3 Å². The molecule has 3 aromatic carbocycles. The molecule has 3 rings (SSSR count). The van der Waals surface area contributed by atoms with Crippen molar-refractivity contribution in [2.45, 2.75) is 58.7 Å². The molecule has 0 bridgehead atoms. The van der Waals surface area contributed by atoms with Gasteiger partial charge in [-0.3, -0.25) is 13.9 Å². The molecule has 1 N–H and O–H groups in total. The Balaban J connectivity index is 1.94. The largest absolute Gasteiger partial charge is 0.352 e. The lowest BCUT2D eigenvalue weighted by atomic mass is 10.0. The molecule has 0 saturated heterocycles. The van der Waals surface area contributed by atoms with Crippen LogP contribution in [0.25, 0.3) is 0 Å². The van der Waals surface area contributed by atoms with Gasteiger partial charge in [-0.2, -0.15) is 0 Å². The predicted octanol–water partition coefficient (Wildman–Crippen LogP) is 6.67. The minimum Gasteiger partial charge on any atom is -0.352 e. The number of anilines is 1. The maximum atomic E-state index is 14.0. The van der Waals surface area contributed by atoms with E-state index in [1.54, 1.807) is 43.3 Å². The number of hydrogen-bond donors (Lipinski definition) is 1. The normalized spacial score (nSPS) is 12.2. The summed E-state index contributed by atoms with van der Waals surface area (Å²) in [5.41, 5.74) is 2.48. The standard InChI is InChI=1S/C31H36Cl3N3O4S/c1-21(2)35-31(39)29(19-23-11-6-5-7-12-23)36(20-24-26(33)14-8-15-27(24)34)30(38)17-10-18-37(42(4,40)41)28-16-9-13-25(32)22(28)3/h5-9,11-16,21,29H,10,17-20H2,1-4H3,(H,35,39)/t29-/m1/s1. The first-order valence-electron chi connectivity index (χ1n) is 13.6. The number of carbonyl (C=O) groups excluding carboxylic acids is 2. The lowest BCUT2D eigenvalue weighted by molar-refractivity contribution is -0.141. The molecule has 226 valence electrons. The van der Waals surface area contributed by atoms with Crippen LogP contribution in [-0.4, -0.2) is 50.0 Å². The first-order valence-corrected chi connectivity index (χ1v) is 16.6. The highest BCUT2D eigenvalue weighted by molar-refractivity contribution is 7.92. The molecule has 0 unspecified atom stereocenters. The summed E-state index contributed by atoms with van der Waals surface area (Å²) in [6, 6.07) is 18.6. The fourth-order valence-corrected chi connectivity index (χ4v) is 6.34. The highest BCUT2D eigenvalue weighted by atomic mass is 35.5. The van der Waals surface area contributed by atoms with E-state index in [0.29, 0.717) is 31.9 Å². The molecule has 0 aliphatic rings. The quantitative estimate of drug-likeness (QED) is 0.224. The molecule has 3 aromatic rings. The summed E-state index contributed by atoms with van der Waals surface area (Å²) in [6.07, 6.45) is 1.57. The van der Waals surface area contributed by atoms with Crippen LogP contribution in [0.3, 0.4) is 0 Å². The fraction of sp³-hybridized carbons (Fsp3) is 0.355. The van der Waals surface area contributed by atoms with E-state index < -0.39 is 16.1 Å². The van der Waals surface area contributed by atoms with Gasteiger partial charge < -0.3 is 10.2 Å². The Hall–Kier alpha value is -2.78. The van der Waals surface area contributed by atoms with Crippen molar-refractivity contribution in [1.82, 2.24) is 10.2 Å². The van der Waals surface area contributed by atoms with E-state index in [1.807, 2.05) is 44.2 Å². The average molecular weight is 653 g/mol. The van der Waals surface area contributed by atoms with Crippen LogP contribution in [0.4, 0.5) is 5.69 Å². The summed E-state index contributed by atoms with van der Waals surface area (Å²) in [5, 5.41) is 4.14. The second-order valence-corrected chi connectivity index (χ2v) is 13.5. The molecule has 0 spiro atoms. The molecular weight excluding hydrogens is 617 g/mol. The predicted molar refractivity (Wildman–Crippen MR) is 172 cm³/mol. The molecule has 0 saturated carbocycles. The Labute approximate surface area is 263 Å². The van der Waals surface area contributed by atoms with Crippen LogP contribution in [0, 0.1) is 6.92 Å². The summed E-state index contributed by atoms with van der Waals surface area (Å²) >= 11 is 19.2. The number of nitrogens with zero attached hydrogens (tertiary/aromatic N) is 2. The molecule has 0 radical (unpaired) electrons. The van der Waals surface area contributed by atoms with Gasteiger partial charge in [0.15, 0.2) is 0 Å². The van der Waals surface area contributed by atoms with Crippen LogP contribution in [0.2, 0.25) is 15.1 Å². The van der Waals surface area contributed by atoms with Crippen molar-refractivity contribution in [1.29, 1.82) is 0 Å². The van der Waals surface area contributed by atoms with Crippen LogP contribution in [0.1, 0.15) is 43.4 Å². The van der Waals surface area contributed by atoms with Crippen LogP contribution in [-0.2, 0) is 32.6 Å². The lowest BCUT2D eigenvalue weighted by Crippen LogP contribution is -2.52. The van der Waals surface area contributed by atoms with Crippen molar-refractivity contribution in [2.75, 3.05) is 17.1 Å². The molecule has 11 heteroatoms. The zero-order valence-electron chi connectivity index (χ0n) is 24.1. The first kappa shape index (κ1) is 33.7. The topological polar surface area (TPSA) is 86.8 Å². The summed E-state index contributed by atoms with van der Waals surface area (Å²) in [4.78, 5) is 29.0. The molecule has 1 atom stereocenters. The molecule has 0 heterocycles. The van der Waals surface area contributed by atoms with Gasteiger partial charge in [-0.1, -0.05) is 77.3 Å². The maximum Gasteiger partial charge on any atom is 0.243 e. The number of halogens is 3. The third-order valence-corrected chi connectivity index (χ3v) is 9.05. The number of hydrogen-bond acceptors (Lipinski definition) is 4. The van der Waals surface area contributed by atoms with Crippen LogP contribution >= 0.6 is 34.8 Å². The van der Waals surface area contributed by atoms with Crippen molar-refractivity contribution < 1.29 is 18.0 Å². The molecule has 0 aromatic heterocycles. The third kappa shape index (κ3) is 9.11. The van der Waals surface area contributed by atoms with E-state index in [4.69, 9.17) is 34.8 Å². The van der Waals surface area contributed by atoms with Crippen molar-refractivity contribution in [2.24, 2.45) is 0 Å². The lowest BCUT2D eigenvalue weighted by Gasteiger charge is -2.33. The Morgan fingerprint density at radius 3 is 2.07 bits per heavy atom. The van der Waals surface area contributed by atoms with Crippen LogP contribution in [0.15, 0.2) is 66.7 Å². The summed E-state index contributed by atoms with van der Waals surface area (Å²) in [5.74, 6) is -0.639. The van der Waals surface area contributed by atoms with E-state index in [2.05, 4.69) is 5.32 Å². The number of benzene rings is 3. The van der Waals surface area contributed by atoms with Gasteiger partial charge in [0.1, 0.15) is 6.04 Å². The maximum absolute atomic E-state index is 14.0. The van der Waals surface area contributed by atoms with Gasteiger partial charge in [0.25, 0.3) is 0 Å². The van der Waals surface area contributed by atoms with Crippen LogP contribution in [0.5, 0.6) is 0 Å². The molecule has 0 aliphatic carbocycles. The molecule has 42 heavy (non-hydrogen) atoms. The number of carbonyl (C=O) groups is 2. The second kappa shape index (κ2) is 15.1. The van der Waals surface area contributed by atoms with Gasteiger partial charge in [0.2, 0.25) is 21.8 Å². The Morgan fingerprint density at radius 2 is 1.48 bits per heavy atom. The second-order valence-electron chi connectivity index (χ2n) is 10.4. The van der Waals surface area contributed by atoms with Gasteiger partial charge in [-0.25, -0.2) is 8.42 Å². The smallest absolute Gasteiger partial charge is 0.243 e. The minimum absolute atomic E-state index is 0.00352. The van der Waals surface area contributed by atoms with Gasteiger partial charge >= 0.3 is 0 Å². The minimum atomic E-state index is -3.67. The molecule has 0 fully saturated rings. The van der Waals surface area contributed by atoms with Crippen molar-refractivity contribution in [3.8, 4) is 0 Å². The number of nitrogens with one attached hydrogen (secondary N) is 1. The molecule has 7 nitrogen and oxygen atoms in total. The van der Waals surface area contributed by atoms with E-state index in [-0.39, 0.29) is 50.2 Å². The first-order chi connectivity index (χ1) is 19.8. The Morgan fingerprint density at radius 1 is 0.881 bits per heavy atom. The van der Waals surface area contributed by atoms with Crippen molar-refractivity contribution in [3.63, 3.8) is 0 Å². The van der Waals surface area contributed by atoms with Crippen molar-refractivity contribution in [3.05, 3.63) is 98.5 Å². The van der Waals surface area contributed by atoms with E-state index in [0.717, 1.165) is 11.8 Å². The van der Waals surface area contributed by atoms with E-state index >= 15 is 0 Å². The number of rotatable bonds is 13. The van der Waals surface area contributed by atoms with Gasteiger partial charge in [0, 0.05) is 52.6 Å². The highest BCUT2D eigenvalue weighted by Crippen LogP contribution is 2.30. The fourth-order valence-electron chi connectivity index (χ4n) is 4.64. The van der Waals surface area contributed by atoms with Gasteiger partial charge in [-0.15, -0.1) is 0 Å². The average Bonchev–Trinajstić information content (AvgIpc) is 2.91. The van der Waals surface area contributed by atoms with Crippen LogP contribution < -0.4 is 9.62 Å². The molecule has 0 aliphatic heterocycles. The SMILES string of the molecule is Cc1c(Cl)cccc1N(CCCC(=O)N(Cc1c(Cl)cccc1Cl)[C@H](Cc1ccccc1)C(=O)NC(C)C)S(C)(=O)=O.